The van der Waals surface area contributed by atoms with Crippen LogP contribution in [-0.4, -0.2) is 41.6 Å². The fraction of sp³-hybridized carbons (Fsp3) is 0.680. The molecule has 0 aliphatic rings. The van der Waals surface area contributed by atoms with Crippen LogP contribution in [0.15, 0.2) is 30.3 Å². The summed E-state index contributed by atoms with van der Waals surface area (Å²) in [5, 5.41) is 13.1. The molecule has 1 aromatic rings. The molecule has 6 nitrogen and oxygen atoms in total. The van der Waals surface area contributed by atoms with Gasteiger partial charge >= 0.3 is 6.09 Å². The average Bonchev–Trinajstić information content (AvgIpc) is 2.77. The second kappa shape index (κ2) is 13.6. The fourth-order valence-corrected chi connectivity index (χ4v) is 3.60. The lowest BCUT2D eigenvalue weighted by atomic mass is 9.79. The van der Waals surface area contributed by atoms with E-state index in [1.807, 2.05) is 18.2 Å². The van der Waals surface area contributed by atoms with Crippen LogP contribution >= 0.6 is 0 Å². The number of ether oxygens (including phenoxy) is 1. The van der Waals surface area contributed by atoms with Crippen molar-refractivity contribution < 1.29 is 28.2 Å². The second-order valence-corrected chi connectivity index (χ2v) is 9.65. The first-order valence-electron chi connectivity index (χ1n) is 11.7. The minimum atomic E-state index is -3.45. The van der Waals surface area contributed by atoms with Gasteiger partial charge in [0.15, 0.2) is 5.78 Å². The number of alkyl carbamates (subject to hydrolysis) is 1. The highest BCUT2D eigenvalue weighted by molar-refractivity contribution is 5.90. The maximum Gasteiger partial charge on any atom is 0.408 e. The molecular weight excluding hydrogens is 430 g/mol. The van der Waals surface area contributed by atoms with Gasteiger partial charge in [-0.3, -0.25) is 4.79 Å². The van der Waals surface area contributed by atoms with Crippen molar-refractivity contribution in [2.24, 2.45) is 29.4 Å². The summed E-state index contributed by atoms with van der Waals surface area (Å²) < 4.78 is 34.9. The van der Waals surface area contributed by atoms with Crippen LogP contribution in [0.1, 0.15) is 59.4 Å². The molecule has 1 unspecified atom stereocenters. The molecule has 0 spiro atoms. The first-order chi connectivity index (χ1) is 15.4. The molecule has 0 aliphatic carbocycles. The molecule has 4 atom stereocenters. The Morgan fingerprint density at radius 1 is 1.12 bits per heavy atom. The van der Waals surface area contributed by atoms with E-state index < -0.39 is 42.3 Å². The standard InChI is InChI=1S/C25H40F2N2O4/c1-16(2)13-20(23(31)25(26,27)12-11-18(5)14-28)22(30)21(17(3)4)29-24(32)33-15-19-9-7-6-8-10-19/h6-10,16-18,20-21,23,31H,11-15,28H2,1-5H3,(H,29,32)/t18?,20-,21+,23-/m1/s1. The number of carbonyl (C=O) groups excluding carboxylic acids is 2. The van der Waals surface area contributed by atoms with E-state index >= 15 is 0 Å². The van der Waals surface area contributed by atoms with Crippen molar-refractivity contribution in [3.8, 4) is 0 Å². The largest absolute Gasteiger partial charge is 0.445 e. The molecule has 0 fully saturated rings. The maximum atomic E-state index is 14.9. The Morgan fingerprint density at radius 3 is 2.24 bits per heavy atom. The molecule has 1 aromatic carbocycles. The topological polar surface area (TPSA) is 102 Å². The molecule has 0 aliphatic heterocycles. The van der Waals surface area contributed by atoms with Gasteiger partial charge in [0.1, 0.15) is 12.7 Å². The quantitative estimate of drug-likeness (QED) is 0.371. The van der Waals surface area contributed by atoms with Crippen LogP contribution in [0.25, 0.3) is 0 Å². The summed E-state index contributed by atoms with van der Waals surface area (Å²) in [6, 6.07) is 7.98. The van der Waals surface area contributed by atoms with E-state index in [1.54, 1.807) is 46.8 Å². The number of nitrogens with two attached hydrogens (primary N) is 1. The van der Waals surface area contributed by atoms with Crippen LogP contribution in [0, 0.1) is 23.7 Å². The zero-order valence-corrected chi connectivity index (χ0v) is 20.4. The lowest BCUT2D eigenvalue weighted by Gasteiger charge is -2.33. The highest BCUT2D eigenvalue weighted by Gasteiger charge is 2.47. The number of aliphatic hydroxyl groups is 1. The van der Waals surface area contributed by atoms with E-state index in [0.717, 1.165) is 5.56 Å². The van der Waals surface area contributed by atoms with Gasteiger partial charge < -0.3 is 20.9 Å². The third-order valence-corrected chi connectivity index (χ3v) is 5.74. The van der Waals surface area contributed by atoms with Gasteiger partial charge in [0, 0.05) is 6.42 Å². The van der Waals surface area contributed by atoms with Gasteiger partial charge in [-0.1, -0.05) is 65.0 Å². The molecule has 1 rings (SSSR count). The molecular formula is C25H40F2N2O4. The number of aliphatic hydroxyl groups excluding tert-OH is 1. The van der Waals surface area contributed by atoms with Gasteiger partial charge in [0.05, 0.1) is 12.0 Å². The molecule has 0 saturated heterocycles. The Morgan fingerprint density at radius 2 is 1.73 bits per heavy atom. The molecule has 0 bridgehead atoms. The number of carbonyl (C=O) groups is 2. The summed E-state index contributed by atoms with van der Waals surface area (Å²) in [5.41, 5.74) is 6.30. The van der Waals surface area contributed by atoms with Crippen LogP contribution in [0.3, 0.4) is 0 Å². The summed E-state index contributed by atoms with van der Waals surface area (Å²) in [5.74, 6) is -6.00. The molecule has 0 radical (unpaired) electrons. The fourth-order valence-electron chi connectivity index (χ4n) is 3.60. The van der Waals surface area contributed by atoms with Gasteiger partial charge in [-0.05, 0) is 42.7 Å². The van der Waals surface area contributed by atoms with Crippen molar-refractivity contribution in [3.05, 3.63) is 35.9 Å². The molecule has 0 aromatic heterocycles. The Bertz CT molecular complexity index is 728. The summed E-state index contributed by atoms with van der Waals surface area (Å²) in [6.07, 6.45) is -3.31. The smallest absolute Gasteiger partial charge is 0.408 e. The molecule has 188 valence electrons. The highest BCUT2D eigenvalue weighted by Crippen LogP contribution is 2.34. The summed E-state index contributed by atoms with van der Waals surface area (Å²) in [7, 11) is 0. The predicted molar refractivity (Wildman–Crippen MR) is 125 cm³/mol. The van der Waals surface area contributed by atoms with E-state index in [4.69, 9.17) is 10.5 Å². The Balaban J connectivity index is 2.95. The second-order valence-electron chi connectivity index (χ2n) is 9.65. The molecule has 33 heavy (non-hydrogen) atoms. The predicted octanol–water partition coefficient (Wildman–Crippen LogP) is 4.54. The Labute approximate surface area is 196 Å². The zero-order chi connectivity index (χ0) is 25.2. The minimum absolute atomic E-state index is 0.0150. The SMILES string of the molecule is CC(C)C[C@H](C(=O)[C@@H](NC(=O)OCc1ccccc1)C(C)C)[C@@H](O)C(F)(F)CCC(C)CN. The number of nitrogens with one attached hydrogen (secondary N) is 1. The number of ketones is 1. The molecule has 0 heterocycles. The van der Waals surface area contributed by atoms with Gasteiger partial charge in [0.25, 0.3) is 5.92 Å². The monoisotopic (exact) mass is 470 g/mol. The Kier molecular flexibility index (Phi) is 11.9. The number of amides is 1. The first-order valence-corrected chi connectivity index (χ1v) is 11.7. The van der Waals surface area contributed by atoms with Gasteiger partial charge in [-0.15, -0.1) is 0 Å². The minimum Gasteiger partial charge on any atom is -0.445 e. The van der Waals surface area contributed by atoms with E-state index in [9.17, 15) is 23.5 Å². The lowest BCUT2D eigenvalue weighted by Crippen LogP contribution is -2.52. The number of rotatable bonds is 14. The van der Waals surface area contributed by atoms with Crippen molar-refractivity contribution >= 4 is 11.9 Å². The van der Waals surface area contributed by atoms with Crippen molar-refractivity contribution in [1.29, 1.82) is 0 Å². The third-order valence-electron chi connectivity index (χ3n) is 5.74. The number of alkyl halides is 2. The molecule has 4 N–H and O–H groups in total. The van der Waals surface area contributed by atoms with E-state index in [-0.39, 0.29) is 43.7 Å². The van der Waals surface area contributed by atoms with Gasteiger partial charge in [-0.25, -0.2) is 13.6 Å². The number of hydrogen-bond acceptors (Lipinski definition) is 5. The summed E-state index contributed by atoms with van der Waals surface area (Å²) in [4.78, 5) is 25.7. The number of benzene rings is 1. The van der Waals surface area contributed by atoms with E-state index in [0.29, 0.717) is 0 Å². The van der Waals surface area contributed by atoms with Gasteiger partial charge in [-0.2, -0.15) is 0 Å². The average molecular weight is 471 g/mol. The molecule has 0 saturated carbocycles. The van der Waals surface area contributed by atoms with Crippen molar-refractivity contribution in [2.45, 2.75) is 78.6 Å². The van der Waals surface area contributed by atoms with E-state index in [2.05, 4.69) is 5.32 Å². The van der Waals surface area contributed by atoms with Crippen LogP contribution < -0.4 is 11.1 Å². The molecule has 8 heteroatoms. The van der Waals surface area contributed by atoms with Crippen LogP contribution in [0.2, 0.25) is 0 Å². The van der Waals surface area contributed by atoms with Crippen LogP contribution in [0.4, 0.5) is 13.6 Å². The normalized spacial score (nSPS) is 15.7. The van der Waals surface area contributed by atoms with E-state index in [1.165, 1.54) is 0 Å². The Hall–Kier alpha value is -2.06. The lowest BCUT2D eigenvalue weighted by molar-refractivity contribution is -0.158. The first kappa shape index (κ1) is 29.0. The number of Topliss-reactive ketones (excluding diaryl/α,β-unsaturated/α-hetero) is 1. The maximum absolute atomic E-state index is 14.9. The number of hydrogen-bond donors (Lipinski definition) is 3. The van der Waals surface area contributed by atoms with Crippen LogP contribution in [0.5, 0.6) is 0 Å². The zero-order valence-electron chi connectivity index (χ0n) is 20.4. The third kappa shape index (κ3) is 9.76. The highest BCUT2D eigenvalue weighted by atomic mass is 19.3. The van der Waals surface area contributed by atoms with Crippen LogP contribution in [-0.2, 0) is 16.1 Å². The van der Waals surface area contributed by atoms with Crippen molar-refractivity contribution in [2.75, 3.05) is 6.54 Å². The van der Waals surface area contributed by atoms with Crippen molar-refractivity contribution in [1.82, 2.24) is 5.32 Å². The molecule has 1 amide bonds. The van der Waals surface area contributed by atoms with Crippen molar-refractivity contribution in [3.63, 3.8) is 0 Å². The number of halogens is 2. The summed E-state index contributed by atoms with van der Waals surface area (Å²) >= 11 is 0. The summed E-state index contributed by atoms with van der Waals surface area (Å²) in [6.45, 7) is 9.06. The van der Waals surface area contributed by atoms with Gasteiger partial charge in [0.2, 0.25) is 0 Å².